The van der Waals surface area contributed by atoms with Crippen molar-refractivity contribution >= 4 is 0 Å². The van der Waals surface area contributed by atoms with Gasteiger partial charge >= 0.3 is 5.69 Å². The molecule has 0 aliphatic rings. The maximum Gasteiger partial charge on any atom is 0.331 e. The number of nitrogens with zero attached hydrogens (tertiary/aromatic N) is 1. The Morgan fingerprint density at radius 1 is 1.62 bits per heavy atom. The lowest BCUT2D eigenvalue weighted by atomic mass is 10.5. The minimum atomic E-state index is -0.637. The van der Waals surface area contributed by atoms with Crippen LogP contribution in [0.25, 0.3) is 0 Å². The first kappa shape index (κ1) is 9.53. The van der Waals surface area contributed by atoms with Gasteiger partial charge in [0.2, 0.25) is 5.88 Å². The maximum absolute atomic E-state index is 11.1. The van der Waals surface area contributed by atoms with E-state index in [1.807, 2.05) is 4.98 Å². The molecule has 6 nitrogen and oxygen atoms in total. The summed E-state index contributed by atoms with van der Waals surface area (Å²) < 4.78 is 5.74. The second-order valence-corrected chi connectivity index (χ2v) is 2.44. The van der Waals surface area contributed by atoms with Gasteiger partial charge in [-0.05, 0) is 0 Å². The van der Waals surface area contributed by atoms with E-state index in [2.05, 4.69) is 0 Å². The maximum atomic E-state index is 11.1. The summed E-state index contributed by atoms with van der Waals surface area (Å²) in [5, 5.41) is 9.19. The molecule has 0 radical (unpaired) electrons. The van der Waals surface area contributed by atoms with E-state index in [1.54, 1.807) is 0 Å². The van der Waals surface area contributed by atoms with Crippen molar-refractivity contribution in [3.8, 4) is 5.88 Å². The van der Waals surface area contributed by atoms with Crippen LogP contribution >= 0.6 is 0 Å². The van der Waals surface area contributed by atoms with E-state index in [-0.39, 0.29) is 12.4 Å². The fourth-order valence-electron chi connectivity index (χ4n) is 0.907. The van der Waals surface area contributed by atoms with E-state index < -0.39 is 11.2 Å². The van der Waals surface area contributed by atoms with Crippen LogP contribution in [0.1, 0.15) is 0 Å². The van der Waals surface area contributed by atoms with Gasteiger partial charge in [0, 0.05) is 7.11 Å². The van der Waals surface area contributed by atoms with Crippen molar-refractivity contribution < 1.29 is 9.84 Å². The summed E-state index contributed by atoms with van der Waals surface area (Å²) in [4.78, 5) is 23.8. The van der Waals surface area contributed by atoms with Crippen molar-refractivity contribution in [2.45, 2.75) is 6.54 Å². The van der Waals surface area contributed by atoms with Crippen LogP contribution in [0.4, 0.5) is 0 Å². The Morgan fingerprint density at radius 2 is 2.31 bits per heavy atom. The molecule has 0 fully saturated rings. The van der Waals surface area contributed by atoms with E-state index in [4.69, 9.17) is 4.74 Å². The topological polar surface area (TPSA) is 84.3 Å². The van der Waals surface area contributed by atoms with Gasteiger partial charge in [-0.25, -0.2) is 4.79 Å². The van der Waals surface area contributed by atoms with E-state index >= 15 is 0 Å². The molecule has 1 heterocycles. The Balaban J connectivity index is 3.07. The van der Waals surface area contributed by atoms with Crippen molar-refractivity contribution in [2.75, 3.05) is 13.7 Å². The zero-order valence-corrected chi connectivity index (χ0v) is 7.11. The van der Waals surface area contributed by atoms with Gasteiger partial charge in [-0.3, -0.25) is 14.3 Å². The highest BCUT2D eigenvalue weighted by Crippen LogP contribution is 1.98. The van der Waals surface area contributed by atoms with Gasteiger partial charge in [-0.15, -0.1) is 0 Å². The third-order valence-corrected chi connectivity index (χ3v) is 1.53. The van der Waals surface area contributed by atoms with Crippen LogP contribution in [0.3, 0.4) is 0 Å². The summed E-state index contributed by atoms with van der Waals surface area (Å²) in [5.41, 5.74) is -1.25. The lowest BCUT2D eigenvalue weighted by Crippen LogP contribution is -2.30. The van der Waals surface area contributed by atoms with Gasteiger partial charge in [0.25, 0.3) is 5.56 Å². The van der Waals surface area contributed by atoms with E-state index in [1.165, 1.54) is 7.11 Å². The molecule has 2 N–H and O–H groups in total. The lowest BCUT2D eigenvalue weighted by molar-refractivity contribution is 0.181. The van der Waals surface area contributed by atoms with Gasteiger partial charge < -0.3 is 9.84 Å². The number of hydrogen-bond donors (Lipinski definition) is 2. The van der Waals surface area contributed by atoms with Crippen molar-refractivity contribution in [3.05, 3.63) is 26.9 Å². The number of ether oxygens (including phenoxy) is 1. The molecule has 0 unspecified atom stereocenters. The summed E-state index contributed by atoms with van der Waals surface area (Å²) in [7, 11) is 1.48. The molecular weight excluding hydrogens is 176 g/mol. The molecule has 0 aliphatic heterocycles. The number of aromatic nitrogens is 2. The first-order valence-electron chi connectivity index (χ1n) is 3.67. The minimum Gasteiger partial charge on any atom is -0.494 e. The first-order valence-corrected chi connectivity index (χ1v) is 3.67. The zero-order chi connectivity index (χ0) is 9.84. The lowest BCUT2D eigenvalue weighted by Gasteiger charge is -2.05. The number of rotatable bonds is 3. The van der Waals surface area contributed by atoms with Gasteiger partial charge in [-0.1, -0.05) is 0 Å². The summed E-state index contributed by atoms with van der Waals surface area (Å²) in [5.74, 6) is -0.356. The van der Waals surface area contributed by atoms with Crippen LogP contribution in [0.15, 0.2) is 15.7 Å². The molecule has 0 bridgehead atoms. The van der Waals surface area contributed by atoms with Crippen LogP contribution < -0.4 is 11.2 Å². The van der Waals surface area contributed by atoms with Gasteiger partial charge in [0.1, 0.15) is 0 Å². The summed E-state index contributed by atoms with van der Waals surface area (Å²) in [6.45, 7) is 0.497. The second kappa shape index (κ2) is 3.90. The molecule has 0 saturated heterocycles. The van der Waals surface area contributed by atoms with Gasteiger partial charge in [0.05, 0.1) is 19.2 Å². The standard InChI is InChI=1S/C7H10N2O4/c1-13-3-2-9-6(11)4-5(10)8-7(9)12/h4,11H,2-3H2,1H3,(H,8,10,12). The largest absolute Gasteiger partial charge is 0.494 e. The molecule has 13 heavy (non-hydrogen) atoms. The van der Waals surface area contributed by atoms with Crippen LogP contribution in [0.5, 0.6) is 5.88 Å². The highest BCUT2D eigenvalue weighted by Gasteiger charge is 2.02. The number of H-pyrrole nitrogens is 1. The molecule has 0 atom stereocenters. The number of aromatic amines is 1. The number of nitrogens with one attached hydrogen (secondary N) is 1. The molecule has 0 spiro atoms. The SMILES string of the molecule is COCCn1c(O)cc(=O)[nH]c1=O. The van der Waals surface area contributed by atoms with E-state index in [0.29, 0.717) is 6.61 Å². The summed E-state index contributed by atoms with van der Waals surface area (Å²) in [6, 6.07) is 0.942. The fraction of sp³-hybridized carbons (Fsp3) is 0.429. The van der Waals surface area contributed by atoms with Gasteiger partial charge in [-0.2, -0.15) is 0 Å². The number of methoxy groups -OCH3 is 1. The molecular formula is C7H10N2O4. The zero-order valence-electron chi connectivity index (χ0n) is 7.11. The molecule has 72 valence electrons. The quantitative estimate of drug-likeness (QED) is 0.626. The first-order chi connectivity index (χ1) is 6.15. The predicted octanol–water partition coefficient (Wildman–Crippen LogP) is -1.11. The third kappa shape index (κ3) is 2.19. The third-order valence-electron chi connectivity index (χ3n) is 1.53. The highest BCUT2D eigenvalue weighted by molar-refractivity contribution is 5.05. The Labute approximate surface area is 73.4 Å². The average molecular weight is 186 g/mol. The Kier molecular flexibility index (Phi) is 2.86. The minimum absolute atomic E-state index is 0.206. The van der Waals surface area contributed by atoms with Crippen LogP contribution in [0, 0.1) is 0 Å². The van der Waals surface area contributed by atoms with Crippen molar-refractivity contribution in [1.82, 2.24) is 9.55 Å². The van der Waals surface area contributed by atoms with Crippen molar-refractivity contribution in [1.29, 1.82) is 0 Å². The van der Waals surface area contributed by atoms with Crippen molar-refractivity contribution in [2.24, 2.45) is 0 Å². The van der Waals surface area contributed by atoms with Gasteiger partial charge in [0.15, 0.2) is 0 Å². The smallest absolute Gasteiger partial charge is 0.331 e. The Bertz CT molecular complexity index is 392. The Morgan fingerprint density at radius 3 is 2.85 bits per heavy atom. The molecule has 1 rings (SSSR count). The van der Waals surface area contributed by atoms with E-state index in [9.17, 15) is 14.7 Å². The van der Waals surface area contributed by atoms with E-state index in [0.717, 1.165) is 10.6 Å². The van der Waals surface area contributed by atoms with Crippen LogP contribution in [-0.2, 0) is 11.3 Å². The summed E-state index contributed by atoms with van der Waals surface area (Å²) >= 11 is 0. The number of hydrogen-bond acceptors (Lipinski definition) is 4. The fourth-order valence-corrected chi connectivity index (χ4v) is 0.907. The molecule has 0 aromatic carbocycles. The molecule has 0 aliphatic carbocycles. The molecule has 0 amide bonds. The second-order valence-electron chi connectivity index (χ2n) is 2.44. The monoisotopic (exact) mass is 186 g/mol. The predicted molar refractivity (Wildman–Crippen MR) is 44.9 cm³/mol. The molecule has 1 aromatic rings. The Hall–Kier alpha value is -1.56. The number of aromatic hydroxyl groups is 1. The molecule has 6 heteroatoms. The average Bonchev–Trinajstić information content (AvgIpc) is 2.02. The molecule has 0 saturated carbocycles. The normalized spacial score (nSPS) is 10.2. The van der Waals surface area contributed by atoms with Crippen LogP contribution in [0.2, 0.25) is 0 Å². The summed E-state index contributed by atoms with van der Waals surface area (Å²) in [6.07, 6.45) is 0. The molecule has 1 aromatic heterocycles. The van der Waals surface area contributed by atoms with Crippen LogP contribution in [-0.4, -0.2) is 28.4 Å². The highest BCUT2D eigenvalue weighted by atomic mass is 16.5. The van der Waals surface area contributed by atoms with Crippen molar-refractivity contribution in [3.63, 3.8) is 0 Å².